The number of amides is 2. The highest BCUT2D eigenvalue weighted by Crippen LogP contribution is 2.14. The maximum absolute atomic E-state index is 12.2. The van der Waals surface area contributed by atoms with Crippen molar-refractivity contribution in [3.8, 4) is 0 Å². The molecule has 2 rings (SSSR count). The first-order chi connectivity index (χ1) is 9.66. The number of carbonyl (C=O) groups excluding carboxylic acids is 2. The monoisotopic (exact) mass is 276 g/mol. The van der Waals surface area contributed by atoms with E-state index in [9.17, 15) is 9.59 Å². The molecule has 1 aliphatic heterocycles. The van der Waals surface area contributed by atoms with Gasteiger partial charge in [-0.15, -0.1) is 0 Å². The number of nitrogens with two attached hydrogens (primary N) is 1. The fourth-order valence-electron chi connectivity index (χ4n) is 2.32. The number of rotatable bonds is 5. The van der Waals surface area contributed by atoms with Gasteiger partial charge >= 0.3 is 0 Å². The third kappa shape index (κ3) is 4.06. The molecule has 1 aromatic rings. The van der Waals surface area contributed by atoms with Crippen LogP contribution >= 0.6 is 0 Å². The summed E-state index contributed by atoms with van der Waals surface area (Å²) in [5, 5.41) is 0. The highest BCUT2D eigenvalue weighted by molar-refractivity contribution is 5.85. The van der Waals surface area contributed by atoms with Crippen LogP contribution in [0.15, 0.2) is 30.3 Å². The first kappa shape index (κ1) is 14.5. The van der Waals surface area contributed by atoms with Crippen LogP contribution in [0.25, 0.3) is 0 Å². The summed E-state index contributed by atoms with van der Waals surface area (Å²) < 4.78 is 5.21. The first-order valence-electron chi connectivity index (χ1n) is 6.85. The minimum atomic E-state index is -0.451. The lowest BCUT2D eigenvalue weighted by Crippen LogP contribution is -2.42. The molecule has 0 radical (unpaired) electrons. The highest BCUT2D eigenvalue weighted by atomic mass is 16.5. The van der Waals surface area contributed by atoms with Gasteiger partial charge in [0.25, 0.3) is 0 Å². The van der Waals surface area contributed by atoms with Crippen LogP contribution in [0.4, 0.5) is 0 Å². The van der Waals surface area contributed by atoms with Gasteiger partial charge in [0.15, 0.2) is 0 Å². The van der Waals surface area contributed by atoms with Crippen molar-refractivity contribution in [3.63, 3.8) is 0 Å². The Hall–Kier alpha value is -1.88. The summed E-state index contributed by atoms with van der Waals surface area (Å²) in [6.07, 6.45) is 0.677. The largest absolute Gasteiger partial charge is 0.378 e. The zero-order valence-corrected chi connectivity index (χ0v) is 11.5. The number of hydrogen-bond donors (Lipinski definition) is 1. The summed E-state index contributed by atoms with van der Waals surface area (Å²) in [7, 11) is 0. The molecule has 0 aromatic heterocycles. The fourth-order valence-corrected chi connectivity index (χ4v) is 2.32. The molecule has 0 bridgehead atoms. The Bertz CT molecular complexity index is 455. The molecule has 0 unspecified atom stereocenters. The maximum Gasteiger partial charge on any atom is 0.223 e. The molecule has 0 aliphatic carbocycles. The Balaban J connectivity index is 1.95. The van der Waals surface area contributed by atoms with Crippen molar-refractivity contribution >= 4 is 11.8 Å². The van der Waals surface area contributed by atoms with Crippen LogP contribution < -0.4 is 5.73 Å². The van der Waals surface area contributed by atoms with E-state index in [1.54, 1.807) is 4.90 Å². The van der Waals surface area contributed by atoms with Gasteiger partial charge in [0.1, 0.15) is 0 Å². The average molecular weight is 276 g/mol. The Kier molecular flexibility index (Phi) is 5.12. The predicted octanol–water partition coefficient (Wildman–Crippen LogP) is 0.580. The second-order valence-corrected chi connectivity index (χ2v) is 4.99. The Morgan fingerprint density at radius 3 is 2.45 bits per heavy atom. The topological polar surface area (TPSA) is 72.6 Å². The van der Waals surface area contributed by atoms with E-state index in [-0.39, 0.29) is 12.3 Å². The van der Waals surface area contributed by atoms with Crippen molar-refractivity contribution < 1.29 is 14.3 Å². The van der Waals surface area contributed by atoms with Crippen LogP contribution in [-0.4, -0.2) is 43.0 Å². The molecule has 1 fully saturated rings. The number of hydrogen-bond acceptors (Lipinski definition) is 3. The molecule has 108 valence electrons. The lowest BCUT2D eigenvalue weighted by Gasteiger charge is -2.28. The lowest BCUT2D eigenvalue weighted by molar-refractivity contribution is -0.138. The Morgan fingerprint density at radius 2 is 1.85 bits per heavy atom. The van der Waals surface area contributed by atoms with Crippen molar-refractivity contribution in [2.75, 3.05) is 26.3 Å². The quantitative estimate of drug-likeness (QED) is 0.855. The van der Waals surface area contributed by atoms with Crippen molar-refractivity contribution in [1.82, 2.24) is 4.90 Å². The van der Waals surface area contributed by atoms with E-state index in [1.165, 1.54) is 0 Å². The van der Waals surface area contributed by atoms with Crippen molar-refractivity contribution in [2.24, 2.45) is 11.7 Å². The van der Waals surface area contributed by atoms with Gasteiger partial charge in [-0.2, -0.15) is 0 Å². The second kappa shape index (κ2) is 7.05. The summed E-state index contributed by atoms with van der Waals surface area (Å²) in [5.41, 5.74) is 6.45. The van der Waals surface area contributed by atoms with E-state index in [2.05, 4.69) is 0 Å². The third-order valence-corrected chi connectivity index (χ3v) is 3.51. The maximum atomic E-state index is 12.2. The van der Waals surface area contributed by atoms with Gasteiger partial charge in [-0.3, -0.25) is 9.59 Å². The fraction of sp³-hybridized carbons (Fsp3) is 0.467. The highest BCUT2D eigenvalue weighted by Gasteiger charge is 2.24. The number of benzene rings is 1. The van der Waals surface area contributed by atoms with Gasteiger partial charge in [-0.05, 0) is 12.0 Å². The van der Waals surface area contributed by atoms with E-state index >= 15 is 0 Å². The average Bonchev–Trinajstić information content (AvgIpc) is 2.48. The Morgan fingerprint density at radius 1 is 1.20 bits per heavy atom. The molecule has 5 nitrogen and oxygen atoms in total. The minimum absolute atomic E-state index is 0.0203. The third-order valence-electron chi connectivity index (χ3n) is 3.51. The molecule has 2 amide bonds. The van der Waals surface area contributed by atoms with Gasteiger partial charge in [-0.1, -0.05) is 30.3 Å². The number of nitrogens with zero attached hydrogens (tertiary/aromatic N) is 1. The van der Waals surface area contributed by atoms with Crippen LogP contribution in [0.1, 0.15) is 12.0 Å². The van der Waals surface area contributed by atoms with Crippen molar-refractivity contribution in [3.05, 3.63) is 35.9 Å². The van der Waals surface area contributed by atoms with Crippen LogP contribution in [0.5, 0.6) is 0 Å². The van der Waals surface area contributed by atoms with E-state index in [0.29, 0.717) is 32.7 Å². The smallest absolute Gasteiger partial charge is 0.223 e. The number of ether oxygens (including phenoxy) is 1. The number of carbonyl (C=O) groups is 2. The molecule has 0 saturated carbocycles. The zero-order chi connectivity index (χ0) is 14.4. The summed E-state index contributed by atoms with van der Waals surface area (Å²) in [5.74, 6) is -0.892. The molecule has 1 heterocycles. The molecule has 1 atom stereocenters. The number of primary amides is 1. The molecular formula is C15H20N2O3. The molecule has 0 spiro atoms. The van der Waals surface area contributed by atoms with E-state index < -0.39 is 11.8 Å². The molecule has 1 aliphatic rings. The van der Waals surface area contributed by atoms with Crippen LogP contribution in [-0.2, 0) is 20.7 Å². The summed E-state index contributed by atoms with van der Waals surface area (Å²) in [4.78, 5) is 25.5. The van der Waals surface area contributed by atoms with Crippen LogP contribution in [0.3, 0.4) is 0 Å². The van der Waals surface area contributed by atoms with E-state index in [0.717, 1.165) is 5.56 Å². The zero-order valence-electron chi connectivity index (χ0n) is 11.5. The first-order valence-corrected chi connectivity index (χ1v) is 6.85. The molecule has 2 N–H and O–H groups in total. The summed E-state index contributed by atoms with van der Waals surface area (Å²) in [6.45, 7) is 2.31. The summed E-state index contributed by atoms with van der Waals surface area (Å²) in [6, 6.07) is 9.63. The van der Waals surface area contributed by atoms with E-state index in [1.807, 2.05) is 30.3 Å². The van der Waals surface area contributed by atoms with Crippen LogP contribution in [0, 0.1) is 5.92 Å². The molecule has 1 saturated heterocycles. The van der Waals surface area contributed by atoms with Gasteiger partial charge in [0, 0.05) is 19.5 Å². The van der Waals surface area contributed by atoms with Gasteiger partial charge in [0.05, 0.1) is 19.1 Å². The lowest BCUT2D eigenvalue weighted by atomic mass is 9.95. The molecule has 1 aromatic carbocycles. The van der Waals surface area contributed by atoms with Crippen molar-refractivity contribution in [1.29, 1.82) is 0 Å². The molecular weight excluding hydrogens is 256 g/mol. The van der Waals surface area contributed by atoms with Gasteiger partial charge in [-0.25, -0.2) is 0 Å². The van der Waals surface area contributed by atoms with Crippen LogP contribution in [0.2, 0.25) is 0 Å². The van der Waals surface area contributed by atoms with E-state index in [4.69, 9.17) is 10.5 Å². The normalized spacial score (nSPS) is 16.7. The Labute approximate surface area is 118 Å². The SMILES string of the molecule is NC(=O)[C@@H](CC(=O)N1CCOCC1)Cc1ccccc1. The van der Waals surface area contributed by atoms with Gasteiger partial charge < -0.3 is 15.4 Å². The minimum Gasteiger partial charge on any atom is -0.378 e. The molecule has 5 heteroatoms. The second-order valence-electron chi connectivity index (χ2n) is 4.99. The van der Waals surface area contributed by atoms with Crippen molar-refractivity contribution in [2.45, 2.75) is 12.8 Å². The molecule has 20 heavy (non-hydrogen) atoms. The summed E-state index contributed by atoms with van der Waals surface area (Å²) >= 11 is 0. The standard InChI is InChI=1S/C15H20N2O3/c16-15(19)13(10-12-4-2-1-3-5-12)11-14(18)17-6-8-20-9-7-17/h1-5,13H,6-11H2,(H2,16,19)/t13-/m1/s1. The number of morpholine rings is 1. The predicted molar refractivity (Wildman–Crippen MR) is 74.8 cm³/mol. The van der Waals surface area contributed by atoms with Gasteiger partial charge in [0.2, 0.25) is 11.8 Å².